The number of hydrogen-bond donors (Lipinski definition) is 0. The molecule has 0 unspecified atom stereocenters. The molecule has 0 spiro atoms. The summed E-state index contributed by atoms with van der Waals surface area (Å²) in [6.45, 7) is 0. The summed E-state index contributed by atoms with van der Waals surface area (Å²) in [6, 6.07) is 5.24. The third-order valence-corrected chi connectivity index (χ3v) is 4.21. The van der Waals surface area contributed by atoms with Gasteiger partial charge in [-0.1, -0.05) is 0 Å². The van der Waals surface area contributed by atoms with Crippen LogP contribution in [0.5, 0.6) is 11.5 Å². The summed E-state index contributed by atoms with van der Waals surface area (Å²) in [6.07, 6.45) is 0. The number of fused-ring (bicyclic) bond motifs is 1. The number of halogens is 4. The van der Waals surface area contributed by atoms with E-state index in [-0.39, 0.29) is 0 Å². The van der Waals surface area contributed by atoms with E-state index in [1.54, 1.807) is 18.2 Å². The second-order valence-electron chi connectivity index (χ2n) is 2.43. The number of hydrogen-bond acceptors (Lipinski definition) is 2. The van der Waals surface area contributed by atoms with Crippen molar-refractivity contribution in [3.05, 3.63) is 22.7 Å². The van der Waals surface area contributed by atoms with Crippen molar-refractivity contribution in [1.82, 2.24) is 0 Å². The van der Waals surface area contributed by atoms with Crippen LogP contribution in [0.2, 0.25) is 0 Å². The van der Waals surface area contributed by atoms with Crippen LogP contribution < -0.4 is 9.05 Å². The normalized spacial score (nSPS) is 24.8. The number of benzene rings is 1. The first-order valence-corrected chi connectivity index (χ1v) is 8.79. The van der Waals surface area contributed by atoms with Gasteiger partial charge in [0, 0.05) is 0 Å². The zero-order valence-corrected chi connectivity index (χ0v) is 10.8. The van der Waals surface area contributed by atoms with Crippen LogP contribution >= 0.6 is 54.8 Å². The van der Waals surface area contributed by atoms with Gasteiger partial charge in [-0.3, -0.25) is 0 Å². The third-order valence-electron chi connectivity index (χ3n) is 1.40. The molecule has 0 radical (unpaired) electrons. The molecule has 1 aromatic rings. The van der Waals surface area contributed by atoms with Gasteiger partial charge in [-0.2, -0.15) is 0 Å². The quantitative estimate of drug-likeness (QED) is 0.621. The minimum absolute atomic E-state index is 0.445. The van der Waals surface area contributed by atoms with Gasteiger partial charge in [0.05, 0.1) is 0 Å². The molecule has 1 aliphatic heterocycles. The van der Waals surface area contributed by atoms with Gasteiger partial charge in [0.1, 0.15) is 0 Å². The molecule has 0 aromatic heterocycles. The molecular formula is C6H3BrCl3O2P. The fourth-order valence-electron chi connectivity index (χ4n) is 0.961. The molecule has 0 saturated carbocycles. The van der Waals surface area contributed by atoms with E-state index in [0.29, 0.717) is 16.0 Å². The molecule has 0 amide bonds. The molecule has 13 heavy (non-hydrogen) atoms. The molecule has 1 aliphatic rings. The van der Waals surface area contributed by atoms with Crippen LogP contribution in [0.15, 0.2) is 22.7 Å². The van der Waals surface area contributed by atoms with Crippen molar-refractivity contribution in [3.8, 4) is 11.5 Å². The first-order valence-electron chi connectivity index (χ1n) is 3.21. The van der Waals surface area contributed by atoms with Crippen molar-refractivity contribution in [2.24, 2.45) is 0 Å². The summed E-state index contributed by atoms with van der Waals surface area (Å²) < 4.78 is 11.0. The number of para-hydroxylation sites is 1. The predicted molar refractivity (Wildman–Crippen MR) is 59.9 cm³/mol. The molecule has 0 atom stereocenters. The Morgan fingerprint density at radius 2 is 1.85 bits per heavy atom. The van der Waals surface area contributed by atoms with Gasteiger partial charge in [-0.15, -0.1) is 0 Å². The Balaban J connectivity index is 2.53. The SMILES string of the molecule is ClP1(Cl)(Cl)Oc2cccc(Br)c2O1. The van der Waals surface area contributed by atoms with Crippen molar-refractivity contribution < 1.29 is 9.05 Å². The molecule has 2 nitrogen and oxygen atoms in total. The Morgan fingerprint density at radius 3 is 2.46 bits per heavy atom. The van der Waals surface area contributed by atoms with Gasteiger partial charge >= 0.3 is 98.0 Å². The molecular weight excluding hydrogens is 321 g/mol. The van der Waals surface area contributed by atoms with Crippen LogP contribution in [-0.4, -0.2) is 0 Å². The van der Waals surface area contributed by atoms with Gasteiger partial charge in [0.25, 0.3) is 0 Å². The fourth-order valence-corrected chi connectivity index (χ4v) is 3.76. The van der Waals surface area contributed by atoms with Crippen molar-refractivity contribution in [3.63, 3.8) is 0 Å². The molecule has 0 saturated heterocycles. The van der Waals surface area contributed by atoms with Crippen LogP contribution in [0.25, 0.3) is 0 Å². The minimum atomic E-state index is -3.95. The monoisotopic (exact) mass is 322 g/mol. The predicted octanol–water partition coefficient (Wildman–Crippen LogP) is 5.07. The summed E-state index contributed by atoms with van der Waals surface area (Å²) in [5, 5.41) is -3.95. The summed E-state index contributed by atoms with van der Waals surface area (Å²) in [4.78, 5) is 0. The summed E-state index contributed by atoms with van der Waals surface area (Å²) in [7, 11) is 0. The van der Waals surface area contributed by atoms with Crippen molar-refractivity contribution in [1.29, 1.82) is 0 Å². The molecule has 0 fully saturated rings. The van der Waals surface area contributed by atoms with E-state index in [1.807, 2.05) is 0 Å². The zero-order valence-electron chi connectivity index (χ0n) is 6.01. The summed E-state index contributed by atoms with van der Waals surface area (Å²) >= 11 is 20.5. The molecule has 2 rings (SSSR count). The van der Waals surface area contributed by atoms with Crippen molar-refractivity contribution >= 4 is 54.8 Å². The Bertz CT molecular complexity index is 376. The Labute approximate surface area is 97.6 Å². The average Bonchev–Trinajstić information content (AvgIpc) is 2.20. The van der Waals surface area contributed by atoms with E-state index in [4.69, 9.17) is 42.8 Å². The van der Waals surface area contributed by atoms with E-state index in [2.05, 4.69) is 15.9 Å². The average molecular weight is 324 g/mol. The van der Waals surface area contributed by atoms with E-state index in [0.717, 1.165) is 0 Å². The Morgan fingerprint density at radius 1 is 1.15 bits per heavy atom. The van der Waals surface area contributed by atoms with E-state index >= 15 is 0 Å². The first kappa shape index (κ1) is 10.1. The van der Waals surface area contributed by atoms with Gasteiger partial charge < -0.3 is 0 Å². The maximum atomic E-state index is 5.76. The molecule has 1 heterocycles. The van der Waals surface area contributed by atoms with E-state index < -0.39 is 5.12 Å². The Kier molecular flexibility index (Phi) is 2.18. The van der Waals surface area contributed by atoms with E-state index in [1.165, 1.54) is 0 Å². The van der Waals surface area contributed by atoms with Crippen molar-refractivity contribution in [2.45, 2.75) is 0 Å². The zero-order chi connectivity index (χ0) is 9.71. The molecule has 7 heteroatoms. The van der Waals surface area contributed by atoms with Gasteiger partial charge in [0.2, 0.25) is 0 Å². The second-order valence-corrected chi connectivity index (χ2v) is 12.1. The third kappa shape index (κ3) is 2.00. The Hall–Kier alpha value is 0.600. The van der Waals surface area contributed by atoms with Crippen molar-refractivity contribution in [2.75, 3.05) is 0 Å². The second kappa shape index (κ2) is 2.80. The maximum absolute atomic E-state index is 5.76. The van der Waals surface area contributed by atoms with Crippen LogP contribution in [0, 0.1) is 0 Å². The molecule has 72 valence electrons. The van der Waals surface area contributed by atoms with Crippen LogP contribution in [0.3, 0.4) is 0 Å². The molecule has 0 bridgehead atoms. The van der Waals surface area contributed by atoms with E-state index in [9.17, 15) is 0 Å². The van der Waals surface area contributed by atoms with Gasteiger partial charge in [0.15, 0.2) is 0 Å². The topological polar surface area (TPSA) is 18.5 Å². The van der Waals surface area contributed by atoms with Crippen LogP contribution in [-0.2, 0) is 0 Å². The molecule has 0 N–H and O–H groups in total. The van der Waals surface area contributed by atoms with Crippen LogP contribution in [0.1, 0.15) is 0 Å². The summed E-state index contributed by atoms with van der Waals surface area (Å²) in [5.74, 6) is 0.896. The summed E-state index contributed by atoms with van der Waals surface area (Å²) in [5.41, 5.74) is 0. The van der Waals surface area contributed by atoms with Gasteiger partial charge in [-0.25, -0.2) is 0 Å². The standard InChI is InChI=1S/C6H3BrCl3O2P/c7-4-2-1-3-5-6(4)12-13(8,9,10)11-5/h1-3H. The molecule has 1 aromatic carbocycles. The number of rotatable bonds is 0. The van der Waals surface area contributed by atoms with Gasteiger partial charge in [-0.05, 0) is 0 Å². The van der Waals surface area contributed by atoms with Crippen LogP contribution in [0.4, 0.5) is 0 Å². The first-order chi connectivity index (χ1) is 5.85. The molecule has 0 aliphatic carbocycles. The fraction of sp³-hybridized carbons (Fsp3) is 0.